The second-order valence-corrected chi connectivity index (χ2v) is 10.9. The van der Waals surface area contributed by atoms with E-state index in [4.69, 9.17) is 69.6 Å². The molecule has 29 heavy (non-hydrogen) atoms. The number of ketones is 2. The van der Waals surface area contributed by atoms with Gasteiger partial charge in [-0.1, -0.05) is 69.6 Å². The van der Waals surface area contributed by atoms with Crippen molar-refractivity contribution in [3.63, 3.8) is 0 Å². The van der Waals surface area contributed by atoms with Crippen molar-refractivity contribution >= 4 is 97.1 Å². The number of nitrogens with one attached hydrogen (secondary N) is 2. The molecule has 0 saturated carbocycles. The molecule has 13 heteroatoms. The molecule has 0 aliphatic rings. The molecule has 0 unspecified atom stereocenters. The van der Waals surface area contributed by atoms with Crippen molar-refractivity contribution in [1.82, 2.24) is 19.9 Å². The summed E-state index contributed by atoms with van der Waals surface area (Å²) in [4.78, 5) is 38.4. The monoisotopic (exact) mass is 576 g/mol. The molecule has 0 bridgehead atoms. The van der Waals surface area contributed by atoms with Gasteiger partial charge in [0.15, 0.2) is 4.73 Å². The van der Waals surface area contributed by atoms with Crippen LogP contribution in [-0.4, -0.2) is 39.1 Å². The van der Waals surface area contributed by atoms with Gasteiger partial charge in [-0.2, -0.15) is 0 Å². The van der Waals surface area contributed by atoms with Crippen molar-refractivity contribution in [2.45, 2.75) is 7.59 Å². The third kappa shape index (κ3) is 5.28. The molecule has 0 fully saturated rings. The number of carbonyl (C=O) groups is 2. The number of hydrogen-bond donors (Lipinski definition) is 2. The first-order chi connectivity index (χ1) is 13.4. The number of alkyl halides is 6. The van der Waals surface area contributed by atoms with E-state index in [0.29, 0.717) is 22.8 Å². The van der Waals surface area contributed by atoms with Crippen LogP contribution < -0.4 is 0 Å². The summed E-state index contributed by atoms with van der Waals surface area (Å²) in [6, 6.07) is 7.78. The van der Waals surface area contributed by atoms with E-state index in [1.165, 1.54) is 12.1 Å². The molecule has 3 aromatic rings. The number of H-pyrrole nitrogens is 2. The van der Waals surface area contributed by atoms with Gasteiger partial charge in [0.25, 0.3) is 7.59 Å². The zero-order valence-electron chi connectivity index (χ0n) is 13.7. The summed E-state index contributed by atoms with van der Waals surface area (Å²) in [5.41, 5.74) is 2.05. The molecule has 3 rings (SSSR count). The first-order valence-corrected chi connectivity index (χ1v) is 10.6. The van der Waals surface area contributed by atoms with Crippen LogP contribution in [0.15, 0.2) is 35.1 Å². The maximum Gasteiger partial charge on any atom is 0.254 e. The molecule has 6 nitrogen and oxygen atoms in total. The first kappa shape index (κ1) is 22.9. The lowest BCUT2D eigenvalue weighted by molar-refractivity contribution is 0.0984. The molecular formula is C16H7BrCl6N4O2. The van der Waals surface area contributed by atoms with Gasteiger partial charge in [0, 0.05) is 0 Å². The highest BCUT2D eigenvalue weighted by molar-refractivity contribution is 9.10. The molecule has 0 amide bonds. The van der Waals surface area contributed by atoms with Crippen LogP contribution in [-0.2, 0) is 0 Å². The maximum atomic E-state index is 12.1. The molecule has 152 valence electrons. The molecule has 0 atom stereocenters. The topological polar surface area (TPSA) is 91.5 Å². The van der Waals surface area contributed by atoms with Crippen molar-refractivity contribution in [3.8, 4) is 22.8 Å². The van der Waals surface area contributed by atoms with Gasteiger partial charge in [-0.15, -0.1) is 0 Å². The Morgan fingerprint density at radius 3 is 1.48 bits per heavy atom. The third-order valence-corrected chi connectivity index (χ3v) is 5.01. The van der Waals surface area contributed by atoms with Crippen LogP contribution in [0.4, 0.5) is 0 Å². The highest BCUT2D eigenvalue weighted by Crippen LogP contribution is 2.33. The summed E-state index contributed by atoms with van der Waals surface area (Å²) < 4.78 is -3.91. The first-order valence-electron chi connectivity index (χ1n) is 7.52. The van der Waals surface area contributed by atoms with E-state index >= 15 is 0 Å². The Morgan fingerprint density at radius 2 is 1.14 bits per heavy atom. The smallest absolute Gasteiger partial charge is 0.254 e. The zero-order chi connectivity index (χ0) is 21.6. The standard InChI is InChI=1S/C16H7BrCl6N4O2/c17-14-26-10(6-1-3-8(24-6)12(28)15(18,19)20)5-11(27-14)7-2-4-9(25-7)13(29)16(21,22)23/h1-5,24-25H. The Morgan fingerprint density at radius 1 is 0.759 bits per heavy atom. The fourth-order valence-corrected chi connectivity index (χ4v) is 3.35. The molecule has 3 aromatic heterocycles. The quantitative estimate of drug-likeness (QED) is 0.215. The van der Waals surface area contributed by atoms with Crippen molar-refractivity contribution < 1.29 is 9.59 Å². The maximum absolute atomic E-state index is 12.1. The van der Waals surface area contributed by atoms with Crippen LogP contribution in [0.1, 0.15) is 21.0 Å². The molecule has 0 saturated heterocycles. The largest absolute Gasteiger partial charge is 0.351 e. The average Bonchev–Trinajstić information content (AvgIpc) is 3.28. The fraction of sp³-hybridized carbons (Fsp3) is 0.125. The normalized spacial score (nSPS) is 12.2. The van der Waals surface area contributed by atoms with Gasteiger partial charge in [0.2, 0.25) is 11.6 Å². The molecule has 0 spiro atoms. The lowest BCUT2D eigenvalue weighted by atomic mass is 10.2. The average molecular weight is 580 g/mol. The molecular weight excluding hydrogens is 573 g/mol. The van der Waals surface area contributed by atoms with Crippen molar-refractivity contribution in [3.05, 3.63) is 46.5 Å². The van der Waals surface area contributed by atoms with Crippen LogP contribution in [0.25, 0.3) is 22.8 Å². The van der Waals surface area contributed by atoms with Gasteiger partial charge in [-0.25, -0.2) is 9.97 Å². The summed E-state index contributed by atoms with van der Waals surface area (Å²) in [7, 11) is 0. The van der Waals surface area contributed by atoms with Crippen LogP contribution in [0, 0.1) is 0 Å². The van der Waals surface area contributed by atoms with Crippen molar-refractivity contribution in [2.75, 3.05) is 0 Å². The van der Waals surface area contributed by atoms with Crippen molar-refractivity contribution in [1.29, 1.82) is 0 Å². The SMILES string of the molecule is O=C(c1ccc(-c2cc(-c3ccc(C(=O)C(Cl)(Cl)Cl)[nH]3)nc(Br)n2)[nH]1)C(Cl)(Cl)Cl. The predicted molar refractivity (Wildman–Crippen MR) is 119 cm³/mol. The van der Waals surface area contributed by atoms with Crippen LogP contribution in [0.3, 0.4) is 0 Å². The van der Waals surface area contributed by atoms with Gasteiger partial charge in [0.05, 0.1) is 34.2 Å². The number of Topliss-reactive ketones (excluding diaryl/α,β-unsaturated/α-hetero) is 2. The van der Waals surface area contributed by atoms with Gasteiger partial charge < -0.3 is 9.97 Å². The van der Waals surface area contributed by atoms with E-state index in [2.05, 4.69) is 35.9 Å². The van der Waals surface area contributed by atoms with E-state index in [1.54, 1.807) is 18.2 Å². The minimum absolute atomic E-state index is 0.103. The van der Waals surface area contributed by atoms with Gasteiger partial charge in [-0.05, 0) is 46.3 Å². The summed E-state index contributed by atoms with van der Waals surface area (Å²) in [6.07, 6.45) is 0. The van der Waals surface area contributed by atoms with Gasteiger partial charge in [0.1, 0.15) is 0 Å². The fourth-order valence-electron chi connectivity index (χ4n) is 2.35. The highest BCUT2D eigenvalue weighted by atomic mass is 79.9. The lowest BCUT2D eigenvalue weighted by Crippen LogP contribution is -2.19. The molecule has 3 heterocycles. The van der Waals surface area contributed by atoms with E-state index < -0.39 is 19.2 Å². The number of carbonyl (C=O) groups excluding carboxylic acids is 2. The van der Waals surface area contributed by atoms with E-state index in [-0.39, 0.29) is 16.1 Å². The minimum atomic E-state index is -2.09. The number of aromatic amines is 2. The van der Waals surface area contributed by atoms with Gasteiger partial charge in [-0.3, -0.25) is 9.59 Å². The zero-order valence-corrected chi connectivity index (χ0v) is 19.9. The van der Waals surface area contributed by atoms with E-state index in [9.17, 15) is 9.59 Å². The number of hydrogen-bond acceptors (Lipinski definition) is 4. The van der Waals surface area contributed by atoms with Crippen molar-refractivity contribution in [2.24, 2.45) is 0 Å². The number of aromatic nitrogens is 4. The molecule has 2 N–H and O–H groups in total. The minimum Gasteiger partial charge on any atom is -0.351 e. The third-order valence-electron chi connectivity index (χ3n) is 3.63. The van der Waals surface area contributed by atoms with Gasteiger partial charge >= 0.3 is 0 Å². The Labute approximate surface area is 202 Å². The second kappa shape index (κ2) is 8.38. The molecule has 0 aliphatic heterocycles. The van der Waals surface area contributed by atoms with Crippen LogP contribution in [0.5, 0.6) is 0 Å². The molecule has 0 aliphatic carbocycles. The summed E-state index contributed by atoms with van der Waals surface area (Å²) in [6.45, 7) is 0. The Hall–Kier alpha value is -0.800. The summed E-state index contributed by atoms with van der Waals surface area (Å²) in [5.74, 6) is -1.41. The molecule has 0 radical (unpaired) electrons. The summed E-state index contributed by atoms with van der Waals surface area (Å²) in [5, 5.41) is 0. The Balaban J connectivity index is 1.96. The van der Waals surface area contributed by atoms with E-state index in [0.717, 1.165) is 0 Å². The number of rotatable bonds is 4. The highest BCUT2D eigenvalue weighted by Gasteiger charge is 2.33. The lowest BCUT2D eigenvalue weighted by Gasteiger charge is -2.08. The Kier molecular flexibility index (Phi) is 6.61. The Bertz CT molecular complexity index is 1020. The second-order valence-electron chi connectivity index (χ2n) is 5.63. The molecule has 0 aromatic carbocycles. The number of nitrogens with zero attached hydrogens (tertiary/aromatic N) is 2. The van der Waals surface area contributed by atoms with Crippen LogP contribution in [0.2, 0.25) is 0 Å². The van der Waals surface area contributed by atoms with E-state index in [1.807, 2.05) is 0 Å². The summed E-state index contributed by atoms with van der Waals surface area (Å²) >= 11 is 37.0. The predicted octanol–water partition coefficient (Wildman–Crippen LogP) is 6.34. The number of halogens is 7. The van der Waals surface area contributed by atoms with Crippen LogP contribution >= 0.6 is 85.5 Å².